The van der Waals surface area contributed by atoms with Crippen molar-refractivity contribution in [3.63, 3.8) is 0 Å². The zero-order valence-electron chi connectivity index (χ0n) is 12.2. The largest absolute Gasteiger partial charge is 0.349 e. The Morgan fingerprint density at radius 2 is 2.33 bits per heavy atom. The van der Waals surface area contributed by atoms with Gasteiger partial charge in [0.2, 0.25) is 0 Å². The highest BCUT2D eigenvalue weighted by atomic mass is 35.5. The standard InChI is InChI=1S/C14H19N5O.ClH/c1-9-7-15-5-3-12(9)18-14(20)11-8-16-19-6-4-10(2)17-13(11)19;/h4,6,8-9,12,15H,3,5,7H2,1-2H3,(H,18,20);1H. The molecule has 21 heavy (non-hydrogen) atoms. The van der Waals surface area contributed by atoms with Crippen molar-refractivity contribution < 1.29 is 4.79 Å². The highest BCUT2D eigenvalue weighted by Crippen LogP contribution is 2.13. The number of amides is 1. The number of nitrogens with zero attached hydrogens (tertiary/aromatic N) is 3. The van der Waals surface area contributed by atoms with Gasteiger partial charge in [-0.25, -0.2) is 9.50 Å². The van der Waals surface area contributed by atoms with Crippen LogP contribution in [0.15, 0.2) is 18.5 Å². The fourth-order valence-electron chi connectivity index (χ4n) is 2.59. The van der Waals surface area contributed by atoms with Crippen molar-refractivity contribution in [1.82, 2.24) is 25.2 Å². The van der Waals surface area contributed by atoms with Gasteiger partial charge in [0.15, 0.2) is 5.65 Å². The van der Waals surface area contributed by atoms with Gasteiger partial charge in [-0.2, -0.15) is 5.10 Å². The molecule has 0 radical (unpaired) electrons. The molecule has 114 valence electrons. The third-order valence-corrected chi connectivity index (χ3v) is 3.85. The van der Waals surface area contributed by atoms with Crippen LogP contribution in [0.3, 0.4) is 0 Å². The molecule has 2 atom stereocenters. The van der Waals surface area contributed by atoms with Crippen LogP contribution < -0.4 is 10.6 Å². The van der Waals surface area contributed by atoms with Crippen molar-refractivity contribution in [3.8, 4) is 0 Å². The van der Waals surface area contributed by atoms with Crippen LogP contribution in [0.2, 0.25) is 0 Å². The topological polar surface area (TPSA) is 71.3 Å². The van der Waals surface area contributed by atoms with Gasteiger partial charge in [-0.3, -0.25) is 4.79 Å². The van der Waals surface area contributed by atoms with E-state index >= 15 is 0 Å². The summed E-state index contributed by atoms with van der Waals surface area (Å²) in [5, 5.41) is 10.6. The van der Waals surface area contributed by atoms with Gasteiger partial charge in [0.1, 0.15) is 5.56 Å². The molecule has 1 fully saturated rings. The van der Waals surface area contributed by atoms with Crippen molar-refractivity contribution in [1.29, 1.82) is 0 Å². The minimum absolute atomic E-state index is 0. The molecule has 3 rings (SSSR count). The van der Waals surface area contributed by atoms with Gasteiger partial charge in [-0.15, -0.1) is 12.4 Å². The Labute approximate surface area is 129 Å². The van der Waals surface area contributed by atoms with Crippen molar-refractivity contribution in [2.75, 3.05) is 13.1 Å². The molecule has 2 aromatic rings. The van der Waals surface area contributed by atoms with Crippen molar-refractivity contribution in [2.24, 2.45) is 5.92 Å². The first kappa shape index (κ1) is 15.7. The van der Waals surface area contributed by atoms with Crippen LogP contribution in [0, 0.1) is 12.8 Å². The maximum Gasteiger partial charge on any atom is 0.256 e. The van der Waals surface area contributed by atoms with E-state index in [1.807, 2.05) is 19.2 Å². The van der Waals surface area contributed by atoms with Crippen molar-refractivity contribution >= 4 is 24.0 Å². The number of aromatic nitrogens is 3. The average molecular weight is 310 g/mol. The van der Waals surface area contributed by atoms with Crippen LogP contribution in [0.25, 0.3) is 5.65 Å². The number of rotatable bonds is 2. The van der Waals surface area contributed by atoms with Gasteiger partial charge >= 0.3 is 0 Å². The van der Waals surface area contributed by atoms with Gasteiger partial charge in [-0.1, -0.05) is 6.92 Å². The fraction of sp³-hybridized carbons (Fsp3) is 0.500. The molecule has 1 saturated heterocycles. The van der Waals surface area contributed by atoms with Crippen LogP contribution in [0.4, 0.5) is 0 Å². The number of hydrogen-bond donors (Lipinski definition) is 2. The van der Waals surface area contributed by atoms with Crippen LogP contribution in [0.5, 0.6) is 0 Å². The van der Waals surface area contributed by atoms with Gasteiger partial charge in [0.25, 0.3) is 5.91 Å². The summed E-state index contributed by atoms with van der Waals surface area (Å²) in [6.45, 7) is 5.94. The van der Waals surface area contributed by atoms with E-state index in [1.54, 1.807) is 10.7 Å². The Balaban J connectivity index is 0.00000161. The van der Waals surface area contributed by atoms with Gasteiger partial charge < -0.3 is 10.6 Å². The Kier molecular flexibility index (Phi) is 4.80. The summed E-state index contributed by atoms with van der Waals surface area (Å²) < 4.78 is 1.63. The lowest BCUT2D eigenvalue weighted by Crippen LogP contribution is -2.48. The summed E-state index contributed by atoms with van der Waals surface area (Å²) in [6, 6.07) is 2.08. The predicted octanol–water partition coefficient (Wildman–Crippen LogP) is 1.19. The Morgan fingerprint density at radius 1 is 1.52 bits per heavy atom. The van der Waals surface area contributed by atoms with E-state index in [-0.39, 0.29) is 24.4 Å². The number of fused-ring (bicyclic) bond motifs is 1. The van der Waals surface area contributed by atoms with Crippen LogP contribution in [-0.2, 0) is 0 Å². The molecular weight excluding hydrogens is 290 g/mol. The van der Waals surface area contributed by atoms with Gasteiger partial charge in [0, 0.05) is 17.9 Å². The minimum Gasteiger partial charge on any atom is -0.349 e. The smallest absolute Gasteiger partial charge is 0.256 e. The van der Waals surface area contributed by atoms with Crippen LogP contribution in [-0.4, -0.2) is 39.6 Å². The molecule has 2 aromatic heterocycles. The quantitative estimate of drug-likeness (QED) is 0.874. The number of carbonyl (C=O) groups is 1. The number of hydrogen-bond acceptors (Lipinski definition) is 4. The van der Waals surface area contributed by atoms with Crippen LogP contribution >= 0.6 is 12.4 Å². The third-order valence-electron chi connectivity index (χ3n) is 3.85. The number of nitrogens with one attached hydrogen (secondary N) is 2. The number of aryl methyl sites for hydroxylation is 1. The first-order chi connectivity index (χ1) is 9.65. The summed E-state index contributed by atoms with van der Waals surface area (Å²) in [4.78, 5) is 16.8. The molecule has 0 bridgehead atoms. The molecule has 2 unspecified atom stereocenters. The molecule has 1 amide bonds. The first-order valence-corrected chi connectivity index (χ1v) is 6.97. The summed E-state index contributed by atoms with van der Waals surface area (Å²) in [7, 11) is 0. The van der Waals surface area contributed by atoms with Crippen molar-refractivity contribution in [3.05, 3.63) is 29.7 Å². The highest BCUT2D eigenvalue weighted by molar-refractivity contribution is 5.99. The van der Waals surface area contributed by atoms with E-state index in [9.17, 15) is 4.79 Å². The van der Waals surface area contributed by atoms with E-state index < -0.39 is 0 Å². The monoisotopic (exact) mass is 309 g/mol. The summed E-state index contributed by atoms with van der Waals surface area (Å²) in [5.74, 6) is 0.348. The normalized spacial score (nSPS) is 21.8. The fourth-order valence-corrected chi connectivity index (χ4v) is 2.59. The molecule has 6 nitrogen and oxygen atoms in total. The molecule has 2 N–H and O–H groups in total. The number of carbonyl (C=O) groups excluding carboxylic acids is 1. The zero-order valence-corrected chi connectivity index (χ0v) is 13.0. The molecule has 0 aromatic carbocycles. The second kappa shape index (κ2) is 6.41. The van der Waals surface area contributed by atoms with E-state index in [2.05, 4.69) is 27.6 Å². The van der Waals surface area contributed by atoms with E-state index in [1.165, 1.54) is 0 Å². The molecule has 0 saturated carbocycles. The van der Waals surface area contributed by atoms with Gasteiger partial charge in [0.05, 0.1) is 6.20 Å². The average Bonchev–Trinajstić information content (AvgIpc) is 2.84. The summed E-state index contributed by atoms with van der Waals surface area (Å²) >= 11 is 0. The Bertz CT molecular complexity index is 641. The summed E-state index contributed by atoms with van der Waals surface area (Å²) in [6.07, 6.45) is 4.36. The Morgan fingerprint density at radius 3 is 3.10 bits per heavy atom. The Hall–Kier alpha value is -1.66. The second-order valence-electron chi connectivity index (χ2n) is 5.45. The predicted molar refractivity (Wildman–Crippen MR) is 82.9 cm³/mol. The van der Waals surface area contributed by atoms with E-state index in [4.69, 9.17) is 0 Å². The van der Waals surface area contributed by atoms with Crippen LogP contribution in [0.1, 0.15) is 29.4 Å². The van der Waals surface area contributed by atoms with Gasteiger partial charge in [-0.05, 0) is 38.4 Å². The molecule has 1 aliphatic heterocycles. The third kappa shape index (κ3) is 3.16. The second-order valence-corrected chi connectivity index (χ2v) is 5.45. The molecule has 0 spiro atoms. The highest BCUT2D eigenvalue weighted by Gasteiger charge is 2.24. The van der Waals surface area contributed by atoms with E-state index in [0.717, 1.165) is 25.2 Å². The lowest BCUT2D eigenvalue weighted by atomic mass is 9.95. The molecule has 0 aliphatic carbocycles. The lowest BCUT2D eigenvalue weighted by molar-refractivity contribution is 0.0915. The number of piperidine rings is 1. The number of halogens is 1. The van der Waals surface area contributed by atoms with Crippen molar-refractivity contribution in [2.45, 2.75) is 26.3 Å². The molecule has 1 aliphatic rings. The van der Waals surface area contributed by atoms with E-state index in [0.29, 0.717) is 17.1 Å². The molecule has 7 heteroatoms. The minimum atomic E-state index is -0.0862. The maximum atomic E-state index is 12.4. The molecule has 3 heterocycles. The lowest BCUT2D eigenvalue weighted by Gasteiger charge is -2.30. The molecular formula is C14H20ClN5O. The maximum absolute atomic E-state index is 12.4. The SMILES string of the molecule is Cc1ccn2ncc(C(=O)NC3CCNCC3C)c2n1.Cl. The first-order valence-electron chi connectivity index (χ1n) is 6.97. The zero-order chi connectivity index (χ0) is 14.1. The summed E-state index contributed by atoms with van der Waals surface area (Å²) in [5.41, 5.74) is 2.03.